The molecule has 1 heterocycles. The number of rotatable bonds is 10. The lowest BCUT2D eigenvalue weighted by Crippen LogP contribution is -2.48. The fourth-order valence-corrected chi connectivity index (χ4v) is 5.80. The minimum Gasteiger partial charge on any atom is -0.478 e. The van der Waals surface area contributed by atoms with Gasteiger partial charge in [-0.15, -0.1) is 0 Å². The zero-order valence-corrected chi connectivity index (χ0v) is 24.2. The molecule has 0 spiro atoms. The summed E-state index contributed by atoms with van der Waals surface area (Å²) in [5, 5.41) is 13.2. The number of carboxylic acid groups (broad SMARTS) is 1. The first-order valence-corrected chi connectivity index (χ1v) is 14.2. The predicted molar refractivity (Wildman–Crippen MR) is 158 cm³/mol. The molecule has 3 aromatic rings. The van der Waals surface area contributed by atoms with Gasteiger partial charge in [-0.1, -0.05) is 35.3 Å². The first-order chi connectivity index (χ1) is 19.1. The molecule has 0 radical (unpaired) electrons. The predicted octanol–water partition coefficient (Wildman–Crippen LogP) is 6.82. The Labute approximate surface area is 244 Å². The van der Waals surface area contributed by atoms with Crippen LogP contribution < -0.4 is 10.2 Å². The fraction of sp³-hybridized carbons (Fsp3) is 0.355. The van der Waals surface area contributed by atoms with Gasteiger partial charge in [-0.25, -0.2) is 9.18 Å². The number of nitrogens with zero attached hydrogens (tertiary/aromatic N) is 2. The molecule has 40 heavy (non-hydrogen) atoms. The summed E-state index contributed by atoms with van der Waals surface area (Å²) >= 11 is 12.4. The van der Waals surface area contributed by atoms with E-state index < -0.39 is 5.97 Å². The van der Waals surface area contributed by atoms with E-state index in [4.69, 9.17) is 23.2 Å². The number of anilines is 1. The van der Waals surface area contributed by atoms with E-state index in [2.05, 4.69) is 22.0 Å². The molecule has 6 nitrogen and oxygen atoms in total. The van der Waals surface area contributed by atoms with Crippen molar-refractivity contribution in [3.8, 4) is 0 Å². The number of aromatic carboxylic acids is 1. The number of hydrogen-bond donors (Lipinski definition) is 2. The van der Waals surface area contributed by atoms with Gasteiger partial charge in [-0.3, -0.25) is 4.79 Å². The van der Waals surface area contributed by atoms with Crippen molar-refractivity contribution in [3.05, 3.63) is 98.8 Å². The highest BCUT2D eigenvalue weighted by atomic mass is 35.5. The van der Waals surface area contributed by atoms with Crippen molar-refractivity contribution in [2.45, 2.75) is 51.7 Å². The molecule has 0 bridgehead atoms. The Balaban J connectivity index is 1.38. The number of hydrogen-bond acceptors (Lipinski definition) is 4. The van der Waals surface area contributed by atoms with Gasteiger partial charge in [0.05, 0.1) is 16.1 Å². The number of nitrogens with one attached hydrogen (secondary N) is 1. The van der Waals surface area contributed by atoms with Gasteiger partial charge in [0.1, 0.15) is 5.82 Å². The maximum Gasteiger partial charge on any atom is 0.335 e. The van der Waals surface area contributed by atoms with Crippen LogP contribution in [0.2, 0.25) is 10.0 Å². The van der Waals surface area contributed by atoms with Crippen molar-refractivity contribution in [2.24, 2.45) is 0 Å². The Kier molecular flexibility index (Phi) is 10.1. The third kappa shape index (κ3) is 7.33. The topological polar surface area (TPSA) is 72.9 Å². The smallest absolute Gasteiger partial charge is 0.335 e. The van der Waals surface area contributed by atoms with Gasteiger partial charge in [0, 0.05) is 54.5 Å². The minimum absolute atomic E-state index is 0.139. The Hall–Kier alpha value is -3.13. The van der Waals surface area contributed by atoms with Crippen LogP contribution in [0.4, 0.5) is 10.1 Å². The van der Waals surface area contributed by atoms with Crippen LogP contribution in [0.5, 0.6) is 0 Å². The molecule has 4 rings (SSSR count). The second kappa shape index (κ2) is 13.5. The van der Waals surface area contributed by atoms with Crippen molar-refractivity contribution >= 4 is 40.8 Å². The number of benzene rings is 3. The Morgan fingerprint density at radius 3 is 2.45 bits per heavy atom. The molecule has 1 aliphatic heterocycles. The zero-order chi connectivity index (χ0) is 28.8. The van der Waals surface area contributed by atoms with Crippen LogP contribution in [0.25, 0.3) is 0 Å². The van der Waals surface area contributed by atoms with E-state index in [1.807, 2.05) is 19.1 Å². The molecule has 0 aliphatic carbocycles. The van der Waals surface area contributed by atoms with E-state index in [0.29, 0.717) is 34.3 Å². The van der Waals surface area contributed by atoms with Crippen molar-refractivity contribution in [1.29, 1.82) is 0 Å². The van der Waals surface area contributed by atoms with E-state index in [1.165, 1.54) is 12.1 Å². The molecule has 212 valence electrons. The van der Waals surface area contributed by atoms with Gasteiger partial charge in [-0.05, 0) is 87.2 Å². The van der Waals surface area contributed by atoms with Crippen LogP contribution in [0.3, 0.4) is 0 Å². The summed E-state index contributed by atoms with van der Waals surface area (Å²) in [6, 6.07) is 17.1. The second-order valence-electron chi connectivity index (χ2n) is 10.3. The molecular weight excluding hydrogens is 552 g/mol. The number of amides is 1. The summed E-state index contributed by atoms with van der Waals surface area (Å²) in [5.41, 5.74) is 2.91. The first kappa shape index (κ1) is 29.8. The van der Waals surface area contributed by atoms with Crippen LogP contribution >= 0.6 is 23.2 Å². The van der Waals surface area contributed by atoms with Gasteiger partial charge < -0.3 is 20.2 Å². The van der Waals surface area contributed by atoms with E-state index in [0.717, 1.165) is 43.6 Å². The fourth-order valence-electron chi connectivity index (χ4n) is 5.30. The van der Waals surface area contributed by atoms with Gasteiger partial charge in [0.25, 0.3) is 5.91 Å². The minimum atomic E-state index is -0.987. The Bertz CT molecular complexity index is 1320. The van der Waals surface area contributed by atoms with Crippen LogP contribution in [-0.2, 0) is 6.54 Å². The van der Waals surface area contributed by atoms with Crippen molar-refractivity contribution in [2.75, 3.05) is 24.5 Å². The van der Waals surface area contributed by atoms with E-state index >= 15 is 0 Å². The number of halogens is 3. The van der Waals surface area contributed by atoms with Crippen molar-refractivity contribution in [1.82, 2.24) is 10.2 Å². The number of carboxylic acids is 1. The molecule has 9 heteroatoms. The largest absolute Gasteiger partial charge is 0.478 e. The summed E-state index contributed by atoms with van der Waals surface area (Å²) in [4.78, 5) is 28.6. The van der Waals surface area contributed by atoms with Crippen molar-refractivity contribution < 1.29 is 19.1 Å². The monoisotopic (exact) mass is 585 g/mol. The van der Waals surface area contributed by atoms with Crippen LogP contribution in [0, 0.1) is 12.7 Å². The number of piperidine rings is 1. The molecule has 1 amide bonds. The molecule has 0 aromatic heterocycles. The lowest BCUT2D eigenvalue weighted by Gasteiger charge is -2.42. The highest BCUT2D eigenvalue weighted by Crippen LogP contribution is 2.29. The van der Waals surface area contributed by atoms with Gasteiger partial charge in [0.15, 0.2) is 0 Å². The average Bonchev–Trinajstić information content (AvgIpc) is 2.93. The number of likely N-dealkylation sites (tertiary alicyclic amines) is 1. The van der Waals surface area contributed by atoms with Crippen LogP contribution in [-0.4, -0.2) is 53.6 Å². The summed E-state index contributed by atoms with van der Waals surface area (Å²) in [6.45, 7) is 6.61. The summed E-state index contributed by atoms with van der Waals surface area (Å²) in [7, 11) is 0. The lowest BCUT2D eigenvalue weighted by atomic mass is 9.99. The summed E-state index contributed by atoms with van der Waals surface area (Å²) in [6.07, 6.45) is 2.52. The SMILES string of the molecule is Cc1cccc(Cl)c1C(=O)NCCC(C)N1CCC(N(Cc2cc(Cl)ccc2F)c2ccc(C(=O)O)cc2)CC1. The third-order valence-electron chi connectivity index (χ3n) is 7.65. The lowest BCUT2D eigenvalue weighted by molar-refractivity contribution is 0.0696. The maximum atomic E-state index is 14.7. The molecule has 1 unspecified atom stereocenters. The molecule has 1 fully saturated rings. The van der Waals surface area contributed by atoms with Gasteiger partial charge in [0.2, 0.25) is 0 Å². The van der Waals surface area contributed by atoms with Gasteiger partial charge >= 0.3 is 5.97 Å². The first-order valence-electron chi connectivity index (χ1n) is 13.5. The summed E-state index contributed by atoms with van der Waals surface area (Å²) < 4.78 is 14.7. The maximum absolute atomic E-state index is 14.7. The Morgan fingerprint density at radius 1 is 1.10 bits per heavy atom. The molecule has 3 aromatic carbocycles. The molecular formula is C31H34Cl2FN3O3. The van der Waals surface area contributed by atoms with Gasteiger partial charge in [-0.2, -0.15) is 0 Å². The highest BCUT2D eigenvalue weighted by Gasteiger charge is 2.28. The standard InChI is InChI=1S/C31H34Cl2FN3O3/c1-20-4-3-5-27(33)29(20)30(38)35-15-12-21(2)36-16-13-26(14-17-36)37(19-23-18-24(32)8-11-28(23)34)25-9-6-22(7-10-25)31(39)40/h3-11,18,21,26H,12-17,19H2,1-2H3,(H,35,38)(H,39,40). The highest BCUT2D eigenvalue weighted by molar-refractivity contribution is 6.34. The summed E-state index contributed by atoms with van der Waals surface area (Å²) in [5.74, 6) is -1.47. The molecule has 1 atom stereocenters. The second-order valence-corrected chi connectivity index (χ2v) is 11.2. The molecule has 2 N–H and O–H groups in total. The third-order valence-corrected chi connectivity index (χ3v) is 8.20. The quantitative estimate of drug-likeness (QED) is 0.273. The van der Waals surface area contributed by atoms with E-state index in [9.17, 15) is 19.1 Å². The number of carbonyl (C=O) groups is 2. The zero-order valence-electron chi connectivity index (χ0n) is 22.7. The molecule has 1 aliphatic rings. The van der Waals surface area contributed by atoms with E-state index in [-0.39, 0.29) is 29.4 Å². The molecule has 0 saturated carbocycles. The van der Waals surface area contributed by atoms with Crippen molar-refractivity contribution in [3.63, 3.8) is 0 Å². The van der Waals surface area contributed by atoms with E-state index in [1.54, 1.807) is 36.4 Å². The number of aryl methyl sites for hydroxylation is 1. The average molecular weight is 587 g/mol. The Morgan fingerprint density at radius 2 is 1.80 bits per heavy atom. The normalized spacial score (nSPS) is 15.0. The van der Waals surface area contributed by atoms with Crippen LogP contribution in [0.1, 0.15) is 58.0 Å². The van der Waals surface area contributed by atoms with Crippen LogP contribution in [0.15, 0.2) is 60.7 Å². The molecule has 1 saturated heterocycles. The number of carbonyl (C=O) groups excluding carboxylic acids is 1.